The molecule has 23 heavy (non-hydrogen) atoms. The van der Waals surface area contributed by atoms with Gasteiger partial charge in [-0.3, -0.25) is 4.79 Å². The van der Waals surface area contributed by atoms with Crippen molar-refractivity contribution in [3.63, 3.8) is 0 Å². The Hall–Kier alpha value is -2.06. The fourth-order valence-electron chi connectivity index (χ4n) is 2.89. The van der Waals surface area contributed by atoms with E-state index in [4.69, 9.17) is 15.1 Å². The number of unbranched alkanes of at least 4 members (excludes halogenated alkanes) is 1. The van der Waals surface area contributed by atoms with Gasteiger partial charge in [-0.25, -0.2) is 0 Å². The molecule has 1 fully saturated rings. The lowest BCUT2D eigenvalue weighted by molar-refractivity contribution is -0.142. The lowest BCUT2D eigenvalue weighted by atomic mass is 9.86. The Balaban J connectivity index is 1.73. The molecule has 0 saturated heterocycles. The van der Waals surface area contributed by atoms with Gasteiger partial charge in [0.2, 0.25) is 0 Å². The largest absolute Gasteiger partial charge is 0.494 e. The quantitative estimate of drug-likeness (QED) is 0.720. The summed E-state index contributed by atoms with van der Waals surface area (Å²) in [5.41, 5.74) is 1.16. The lowest BCUT2D eigenvalue weighted by Crippen LogP contribution is -2.34. The van der Waals surface area contributed by atoms with Crippen molar-refractivity contribution in [1.29, 1.82) is 5.26 Å². The minimum Gasteiger partial charge on any atom is -0.494 e. The summed E-state index contributed by atoms with van der Waals surface area (Å²) >= 11 is 0. The smallest absolute Gasteiger partial charge is 0.306 e. The summed E-state index contributed by atoms with van der Waals surface area (Å²) in [6.07, 6.45) is 4.61. The van der Waals surface area contributed by atoms with Gasteiger partial charge in [-0.2, -0.15) is 5.26 Å². The summed E-state index contributed by atoms with van der Waals surface area (Å²) in [4.78, 5) is 11.0. The first kappa shape index (κ1) is 17.3. The Kier molecular flexibility index (Phi) is 6.89. The number of rotatable bonds is 8. The van der Waals surface area contributed by atoms with Gasteiger partial charge in [0.05, 0.1) is 18.6 Å². The fourth-order valence-corrected chi connectivity index (χ4v) is 2.89. The number of nitrogens with zero attached hydrogens (tertiary/aromatic N) is 1. The number of hydrogen-bond donors (Lipinski definition) is 2. The van der Waals surface area contributed by atoms with Gasteiger partial charge in [-0.05, 0) is 49.8 Å². The van der Waals surface area contributed by atoms with Gasteiger partial charge in [0.15, 0.2) is 0 Å². The summed E-state index contributed by atoms with van der Waals surface area (Å²) in [6, 6.07) is 10.5. The highest BCUT2D eigenvalue weighted by molar-refractivity contribution is 5.70. The topological polar surface area (TPSA) is 82.3 Å². The Morgan fingerprint density at radius 2 is 2.13 bits per heavy atom. The molecule has 0 aliphatic heterocycles. The van der Waals surface area contributed by atoms with Gasteiger partial charge >= 0.3 is 5.97 Å². The number of nitrogens with one attached hydrogen (secondary N) is 1. The molecule has 0 unspecified atom stereocenters. The van der Waals surface area contributed by atoms with Crippen molar-refractivity contribution in [2.75, 3.05) is 6.61 Å². The summed E-state index contributed by atoms with van der Waals surface area (Å²) in [7, 11) is 0. The van der Waals surface area contributed by atoms with E-state index in [0.717, 1.165) is 50.0 Å². The van der Waals surface area contributed by atoms with Crippen LogP contribution in [0.2, 0.25) is 0 Å². The van der Waals surface area contributed by atoms with Gasteiger partial charge in [-0.1, -0.05) is 12.1 Å². The molecule has 0 aromatic heterocycles. The van der Waals surface area contributed by atoms with Crippen LogP contribution >= 0.6 is 0 Å². The number of ether oxygens (including phenoxy) is 1. The predicted octanol–water partition coefficient (Wildman–Crippen LogP) is 3.10. The number of carboxylic acid groups (broad SMARTS) is 1. The third kappa shape index (κ3) is 5.91. The molecule has 124 valence electrons. The maximum absolute atomic E-state index is 11.0. The second kappa shape index (κ2) is 9.16. The average molecular weight is 316 g/mol. The number of carboxylic acids is 1. The van der Waals surface area contributed by atoms with Crippen LogP contribution in [0.5, 0.6) is 5.75 Å². The van der Waals surface area contributed by atoms with Crippen LogP contribution in [0.3, 0.4) is 0 Å². The standard InChI is InChI=1S/C18H24N2O3/c19-10-1-2-11-23-17-5-3-4-14(12-17)13-20-16-8-6-15(7-9-16)18(21)22/h3-5,12,15-16,20H,1-2,6-9,11,13H2,(H,21,22). The van der Waals surface area contributed by atoms with Crippen LogP contribution in [0.25, 0.3) is 0 Å². The van der Waals surface area contributed by atoms with E-state index < -0.39 is 5.97 Å². The van der Waals surface area contributed by atoms with Crippen molar-refractivity contribution in [1.82, 2.24) is 5.32 Å². The zero-order valence-electron chi connectivity index (χ0n) is 13.3. The van der Waals surface area contributed by atoms with Crippen molar-refractivity contribution >= 4 is 5.97 Å². The molecule has 0 atom stereocenters. The molecular weight excluding hydrogens is 292 g/mol. The molecule has 1 saturated carbocycles. The molecule has 1 aromatic carbocycles. The first-order valence-electron chi connectivity index (χ1n) is 8.24. The molecule has 0 bridgehead atoms. The maximum atomic E-state index is 11.0. The first-order valence-corrected chi connectivity index (χ1v) is 8.24. The number of benzene rings is 1. The third-order valence-electron chi connectivity index (χ3n) is 4.27. The molecule has 1 aliphatic rings. The Morgan fingerprint density at radius 1 is 1.35 bits per heavy atom. The highest BCUT2D eigenvalue weighted by Gasteiger charge is 2.25. The molecule has 0 heterocycles. The van der Waals surface area contributed by atoms with Crippen LogP contribution in [0, 0.1) is 17.2 Å². The SMILES string of the molecule is N#CCCCOc1cccc(CNC2CCC(C(=O)O)CC2)c1. The van der Waals surface area contributed by atoms with Crippen LogP contribution in [0.4, 0.5) is 0 Å². The molecule has 5 nitrogen and oxygen atoms in total. The van der Waals surface area contributed by atoms with Crippen molar-refractivity contribution in [2.45, 2.75) is 51.1 Å². The minimum atomic E-state index is -0.662. The van der Waals surface area contributed by atoms with E-state index in [1.165, 1.54) is 0 Å². The zero-order chi connectivity index (χ0) is 16.5. The van der Waals surface area contributed by atoms with Crippen molar-refractivity contribution in [3.8, 4) is 11.8 Å². The van der Waals surface area contributed by atoms with Crippen LogP contribution in [0.1, 0.15) is 44.1 Å². The average Bonchev–Trinajstić information content (AvgIpc) is 2.58. The lowest BCUT2D eigenvalue weighted by Gasteiger charge is -2.27. The normalized spacial score (nSPS) is 20.7. The molecule has 0 amide bonds. The fraction of sp³-hybridized carbons (Fsp3) is 0.556. The van der Waals surface area contributed by atoms with Crippen molar-refractivity contribution in [3.05, 3.63) is 29.8 Å². The van der Waals surface area contributed by atoms with E-state index in [2.05, 4.69) is 17.5 Å². The molecular formula is C18H24N2O3. The minimum absolute atomic E-state index is 0.168. The first-order chi connectivity index (χ1) is 11.2. The molecule has 0 spiro atoms. The van der Waals surface area contributed by atoms with Gasteiger partial charge < -0.3 is 15.2 Å². The summed E-state index contributed by atoms with van der Waals surface area (Å²) in [5.74, 6) is -0.000267. The summed E-state index contributed by atoms with van der Waals surface area (Å²) in [5, 5.41) is 21.0. The molecule has 0 radical (unpaired) electrons. The van der Waals surface area contributed by atoms with Crippen LogP contribution in [-0.4, -0.2) is 23.7 Å². The van der Waals surface area contributed by atoms with E-state index in [9.17, 15) is 4.79 Å². The highest BCUT2D eigenvalue weighted by atomic mass is 16.5. The number of hydrogen-bond acceptors (Lipinski definition) is 4. The molecule has 1 aliphatic carbocycles. The zero-order valence-corrected chi connectivity index (χ0v) is 13.3. The van der Waals surface area contributed by atoms with Gasteiger partial charge in [0.1, 0.15) is 5.75 Å². The van der Waals surface area contributed by atoms with E-state index >= 15 is 0 Å². The molecule has 2 rings (SSSR count). The predicted molar refractivity (Wildman–Crippen MR) is 87.0 cm³/mol. The molecule has 5 heteroatoms. The van der Waals surface area contributed by atoms with E-state index in [0.29, 0.717) is 19.1 Å². The number of aliphatic carboxylic acids is 1. The van der Waals surface area contributed by atoms with Gasteiger partial charge in [-0.15, -0.1) is 0 Å². The second-order valence-corrected chi connectivity index (χ2v) is 6.03. The number of nitriles is 1. The van der Waals surface area contributed by atoms with Gasteiger partial charge in [0.25, 0.3) is 0 Å². The second-order valence-electron chi connectivity index (χ2n) is 6.03. The summed E-state index contributed by atoms with van der Waals surface area (Å²) < 4.78 is 5.64. The van der Waals surface area contributed by atoms with E-state index in [1.54, 1.807) is 0 Å². The van der Waals surface area contributed by atoms with E-state index in [1.807, 2.05) is 18.2 Å². The Bertz CT molecular complexity index is 545. The van der Waals surface area contributed by atoms with E-state index in [-0.39, 0.29) is 5.92 Å². The van der Waals surface area contributed by atoms with Crippen LogP contribution in [-0.2, 0) is 11.3 Å². The Labute approximate surface area is 137 Å². The number of carbonyl (C=O) groups is 1. The van der Waals surface area contributed by atoms with Crippen LogP contribution < -0.4 is 10.1 Å². The van der Waals surface area contributed by atoms with Gasteiger partial charge in [0, 0.05) is 19.0 Å². The third-order valence-corrected chi connectivity index (χ3v) is 4.27. The maximum Gasteiger partial charge on any atom is 0.306 e. The Morgan fingerprint density at radius 3 is 2.83 bits per heavy atom. The monoisotopic (exact) mass is 316 g/mol. The summed E-state index contributed by atoms with van der Waals surface area (Å²) in [6.45, 7) is 1.32. The van der Waals surface area contributed by atoms with Crippen molar-refractivity contribution in [2.24, 2.45) is 5.92 Å². The highest BCUT2D eigenvalue weighted by Crippen LogP contribution is 2.24. The van der Waals surface area contributed by atoms with Crippen LogP contribution in [0.15, 0.2) is 24.3 Å². The molecule has 2 N–H and O–H groups in total. The molecule has 1 aromatic rings. The van der Waals surface area contributed by atoms with Crippen molar-refractivity contribution < 1.29 is 14.6 Å².